The number of nitrogens with one attached hydrogen (secondary N) is 1. The third kappa shape index (κ3) is 2.26. The van der Waals surface area contributed by atoms with Crippen molar-refractivity contribution in [3.05, 3.63) is 29.3 Å². The summed E-state index contributed by atoms with van der Waals surface area (Å²) in [6.07, 6.45) is 6.55. The maximum Gasteiger partial charge on any atom is 0.119 e. The molecule has 3 nitrogen and oxygen atoms in total. The number of hydrogen-bond donors (Lipinski definition) is 2. The molecule has 1 fully saturated rings. The number of hydrogen-bond acceptors (Lipinski definition) is 3. The normalized spacial score (nSPS) is 30.7. The van der Waals surface area contributed by atoms with Gasteiger partial charge in [0.05, 0.1) is 7.11 Å². The van der Waals surface area contributed by atoms with Crippen molar-refractivity contribution in [2.75, 3.05) is 13.7 Å². The number of rotatable bonds is 2. The van der Waals surface area contributed by atoms with E-state index in [9.17, 15) is 5.11 Å². The minimum absolute atomic E-state index is 0.184. The number of aliphatic hydroxyl groups is 1. The van der Waals surface area contributed by atoms with Gasteiger partial charge in [-0.05, 0) is 55.5 Å². The van der Waals surface area contributed by atoms with E-state index in [1.165, 1.54) is 24.8 Å². The molecular weight excluding hydrogens is 238 g/mol. The van der Waals surface area contributed by atoms with E-state index in [1.807, 2.05) is 12.1 Å². The Morgan fingerprint density at radius 3 is 3.05 bits per heavy atom. The lowest BCUT2D eigenvalue weighted by atomic mass is 9.85. The van der Waals surface area contributed by atoms with Crippen LogP contribution in [-0.2, 0) is 12.0 Å². The monoisotopic (exact) mass is 261 g/mol. The molecule has 0 amide bonds. The van der Waals surface area contributed by atoms with E-state index in [0.717, 1.165) is 37.1 Å². The number of fused-ring (bicyclic) bond motifs is 1. The van der Waals surface area contributed by atoms with Gasteiger partial charge in [-0.25, -0.2) is 0 Å². The third-order valence-electron chi connectivity index (χ3n) is 4.70. The molecule has 3 heteroatoms. The van der Waals surface area contributed by atoms with Crippen molar-refractivity contribution in [1.29, 1.82) is 0 Å². The van der Waals surface area contributed by atoms with Crippen LogP contribution in [0.25, 0.3) is 0 Å². The van der Waals surface area contributed by atoms with Gasteiger partial charge in [0.25, 0.3) is 0 Å². The van der Waals surface area contributed by atoms with Crippen LogP contribution in [0.2, 0.25) is 0 Å². The van der Waals surface area contributed by atoms with Gasteiger partial charge >= 0.3 is 0 Å². The first kappa shape index (κ1) is 12.9. The molecule has 3 rings (SSSR count). The minimum Gasteiger partial charge on any atom is -0.497 e. The predicted molar refractivity (Wildman–Crippen MR) is 75.5 cm³/mol. The lowest BCUT2D eigenvalue weighted by Gasteiger charge is -2.34. The Labute approximate surface area is 115 Å². The molecule has 1 aromatic carbocycles. The topological polar surface area (TPSA) is 41.5 Å². The summed E-state index contributed by atoms with van der Waals surface area (Å²) in [4.78, 5) is 0. The molecule has 0 radical (unpaired) electrons. The molecule has 0 spiro atoms. The van der Waals surface area contributed by atoms with Gasteiger partial charge in [-0.15, -0.1) is 0 Å². The Bertz CT molecular complexity index is 452. The molecule has 0 aromatic heterocycles. The van der Waals surface area contributed by atoms with Crippen LogP contribution in [-0.4, -0.2) is 24.8 Å². The standard InChI is InChI=1S/C16H23NO2/c1-19-13-7-6-12-8-9-16(18,14(12)11-13)15-5-3-2-4-10-17-15/h6-7,11,15,17-18H,2-5,8-10H2,1H3. The molecule has 1 aliphatic heterocycles. The number of benzene rings is 1. The summed E-state index contributed by atoms with van der Waals surface area (Å²) in [6, 6.07) is 6.30. The zero-order valence-corrected chi connectivity index (χ0v) is 11.6. The average molecular weight is 261 g/mol. The van der Waals surface area contributed by atoms with Gasteiger partial charge in [0, 0.05) is 6.04 Å². The molecule has 1 aromatic rings. The largest absolute Gasteiger partial charge is 0.497 e. The van der Waals surface area contributed by atoms with E-state index in [1.54, 1.807) is 7.11 Å². The zero-order chi connectivity index (χ0) is 13.3. The van der Waals surface area contributed by atoms with Crippen LogP contribution in [0.4, 0.5) is 0 Å². The van der Waals surface area contributed by atoms with Crippen molar-refractivity contribution in [3.8, 4) is 5.75 Å². The Balaban J connectivity index is 1.93. The predicted octanol–water partition coefficient (Wildman–Crippen LogP) is 2.36. The molecule has 0 bridgehead atoms. The Morgan fingerprint density at radius 2 is 2.21 bits per heavy atom. The van der Waals surface area contributed by atoms with Crippen molar-refractivity contribution in [1.82, 2.24) is 5.32 Å². The van der Waals surface area contributed by atoms with E-state index in [4.69, 9.17) is 4.74 Å². The fourth-order valence-corrected chi connectivity index (χ4v) is 3.56. The van der Waals surface area contributed by atoms with Crippen molar-refractivity contribution in [3.63, 3.8) is 0 Å². The van der Waals surface area contributed by atoms with Crippen molar-refractivity contribution in [2.24, 2.45) is 0 Å². The molecule has 2 atom stereocenters. The summed E-state index contributed by atoms with van der Waals surface area (Å²) in [5.41, 5.74) is 1.63. The highest BCUT2D eigenvalue weighted by atomic mass is 16.5. The SMILES string of the molecule is COc1ccc2c(c1)C(O)(C1CCCCCN1)CC2. The smallest absolute Gasteiger partial charge is 0.119 e. The molecule has 104 valence electrons. The zero-order valence-electron chi connectivity index (χ0n) is 11.6. The van der Waals surface area contributed by atoms with E-state index in [-0.39, 0.29) is 6.04 Å². The maximum absolute atomic E-state index is 11.2. The van der Waals surface area contributed by atoms with Crippen LogP contribution in [0.15, 0.2) is 18.2 Å². The second kappa shape index (κ2) is 5.14. The average Bonchev–Trinajstić information content (AvgIpc) is 2.65. The van der Waals surface area contributed by atoms with Gasteiger partial charge in [0.1, 0.15) is 11.4 Å². The molecule has 1 saturated heterocycles. The second-order valence-corrected chi connectivity index (χ2v) is 5.80. The van der Waals surface area contributed by atoms with Crippen LogP contribution in [0.1, 0.15) is 43.2 Å². The van der Waals surface area contributed by atoms with Crippen LogP contribution >= 0.6 is 0 Å². The first-order valence-corrected chi connectivity index (χ1v) is 7.37. The van der Waals surface area contributed by atoms with Gasteiger partial charge < -0.3 is 15.2 Å². The molecular formula is C16H23NO2. The lowest BCUT2D eigenvalue weighted by molar-refractivity contribution is -0.00327. The number of methoxy groups -OCH3 is 1. The summed E-state index contributed by atoms with van der Waals surface area (Å²) in [5.74, 6) is 0.840. The van der Waals surface area contributed by atoms with Crippen LogP contribution < -0.4 is 10.1 Å². The van der Waals surface area contributed by atoms with Gasteiger partial charge in [-0.2, -0.15) is 0 Å². The highest BCUT2D eigenvalue weighted by molar-refractivity contribution is 5.43. The summed E-state index contributed by atoms with van der Waals surface area (Å²) in [5, 5.41) is 14.7. The van der Waals surface area contributed by atoms with Crippen molar-refractivity contribution in [2.45, 2.75) is 50.2 Å². The quantitative estimate of drug-likeness (QED) is 0.858. The van der Waals surface area contributed by atoms with Crippen molar-refractivity contribution >= 4 is 0 Å². The van der Waals surface area contributed by atoms with E-state index in [2.05, 4.69) is 11.4 Å². The fourth-order valence-electron chi connectivity index (χ4n) is 3.56. The number of aryl methyl sites for hydroxylation is 1. The lowest BCUT2D eigenvalue weighted by Crippen LogP contribution is -2.47. The molecule has 2 unspecified atom stereocenters. The first-order chi connectivity index (χ1) is 9.24. The fraction of sp³-hybridized carbons (Fsp3) is 0.625. The van der Waals surface area contributed by atoms with E-state index < -0.39 is 5.60 Å². The number of ether oxygens (including phenoxy) is 1. The van der Waals surface area contributed by atoms with Crippen LogP contribution in [0.3, 0.4) is 0 Å². The first-order valence-electron chi connectivity index (χ1n) is 7.37. The van der Waals surface area contributed by atoms with E-state index >= 15 is 0 Å². The van der Waals surface area contributed by atoms with Gasteiger partial charge in [-0.1, -0.05) is 18.9 Å². The third-order valence-corrected chi connectivity index (χ3v) is 4.70. The van der Waals surface area contributed by atoms with Gasteiger partial charge in [-0.3, -0.25) is 0 Å². The molecule has 0 saturated carbocycles. The molecule has 1 heterocycles. The Morgan fingerprint density at radius 1 is 1.32 bits per heavy atom. The molecule has 2 N–H and O–H groups in total. The van der Waals surface area contributed by atoms with Crippen LogP contribution in [0.5, 0.6) is 5.75 Å². The molecule has 1 aliphatic carbocycles. The molecule has 2 aliphatic rings. The Kier molecular flexibility index (Phi) is 3.50. The minimum atomic E-state index is -0.714. The van der Waals surface area contributed by atoms with Gasteiger partial charge in [0.15, 0.2) is 0 Å². The van der Waals surface area contributed by atoms with Gasteiger partial charge in [0.2, 0.25) is 0 Å². The summed E-state index contributed by atoms with van der Waals surface area (Å²) >= 11 is 0. The van der Waals surface area contributed by atoms with Crippen molar-refractivity contribution < 1.29 is 9.84 Å². The maximum atomic E-state index is 11.2. The molecule has 19 heavy (non-hydrogen) atoms. The highest BCUT2D eigenvalue weighted by Gasteiger charge is 2.43. The Hall–Kier alpha value is -1.06. The summed E-state index contributed by atoms with van der Waals surface area (Å²) in [7, 11) is 1.68. The summed E-state index contributed by atoms with van der Waals surface area (Å²) in [6.45, 7) is 1.02. The van der Waals surface area contributed by atoms with Crippen LogP contribution in [0, 0.1) is 0 Å². The summed E-state index contributed by atoms with van der Waals surface area (Å²) < 4.78 is 5.31. The van der Waals surface area contributed by atoms with E-state index in [0.29, 0.717) is 0 Å². The second-order valence-electron chi connectivity index (χ2n) is 5.80. The highest BCUT2D eigenvalue weighted by Crippen LogP contribution is 2.42.